The molecule has 0 bridgehead atoms. The van der Waals surface area contributed by atoms with Crippen LogP contribution >= 0.6 is 7.82 Å². The van der Waals surface area contributed by atoms with Crippen molar-refractivity contribution in [1.82, 2.24) is 0 Å². The third-order valence-corrected chi connectivity index (χ3v) is 2.70. The van der Waals surface area contributed by atoms with Crippen molar-refractivity contribution in [2.45, 2.75) is 0 Å². The van der Waals surface area contributed by atoms with Gasteiger partial charge < -0.3 is 9.26 Å². The van der Waals surface area contributed by atoms with Crippen molar-refractivity contribution in [1.29, 1.82) is 0 Å². The third-order valence-electron chi connectivity index (χ3n) is 2.25. The molecule has 7 heteroatoms. The van der Waals surface area contributed by atoms with Crippen LogP contribution in [0.1, 0.15) is 10.4 Å². The minimum atomic E-state index is -4.64. The summed E-state index contributed by atoms with van der Waals surface area (Å²) in [6.07, 6.45) is 0. The summed E-state index contributed by atoms with van der Waals surface area (Å²) in [5.41, 5.74) is 0.369. The molecule has 2 N–H and O–H groups in total. The van der Waals surface area contributed by atoms with Crippen molar-refractivity contribution >= 4 is 13.8 Å². The Balaban J connectivity index is 2.12. The van der Waals surface area contributed by atoms with Gasteiger partial charge in [-0.25, -0.2) is 9.36 Å². The van der Waals surface area contributed by atoms with E-state index in [1.165, 1.54) is 24.3 Å². The lowest BCUT2D eigenvalue weighted by Crippen LogP contribution is -2.08. The molecule has 0 saturated heterocycles. The zero-order valence-corrected chi connectivity index (χ0v) is 11.1. The molecule has 0 aromatic heterocycles. The van der Waals surface area contributed by atoms with Crippen LogP contribution in [0.25, 0.3) is 0 Å². The average Bonchev–Trinajstić information content (AvgIpc) is 2.38. The van der Waals surface area contributed by atoms with Gasteiger partial charge in [0.15, 0.2) is 0 Å². The fraction of sp³-hybridized carbons (Fsp3) is 0. The number of rotatable bonds is 4. The molecule has 0 radical (unpaired) electrons. The first-order chi connectivity index (χ1) is 9.44. The van der Waals surface area contributed by atoms with E-state index in [4.69, 9.17) is 14.5 Å². The van der Waals surface area contributed by atoms with Crippen molar-refractivity contribution in [2.24, 2.45) is 0 Å². The van der Waals surface area contributed by atoms with Crippen LogP contribution in [0, 0.1) is 0 Å². The second kappa shape index (κ2) is 5.88. The number of hydrogen-bond donors (Lipinski definition) is 2. The quantitative estimate of drug-likeness (QED) is 0.511. The van der Waals surface area contributed by atoms with Crippen LogP contribution in [-0.4, -0.2) is 15.8 Å². The Hall–Kier alpha value is -2.14. The van der Waals surface area contributed by atoms with Crippen molar-refractivity contribution in [3.63, 3.8) is 0 Å². The maximum atomic E-state index is 11.8. The predicted molar refractivity (Wildman–Crippen MR) is 70.5 cm³/mol. The van der Waals surface area contributed by atoms with Gasteiger partial charge in [-0.2, -0.15) is 0 Å². The number of phosphoric ester groups is 1. The number of esters is 1. The number of carbonyl (C=O) groups is 1. The van der Waals surface area contributed by atoms with Crippen LogP contribution in [0.3, 0.4) is 0 Å². The molecule has 0 fully saturated rings. The van der Waals surface area contributed by atoms with E-state index in [1.54, 1.807) is 30.3 Å². The molecule has 0 aliphatic heterocycles. The highest BCUT2D eigenvalue weighted by Crippen LogP contribution is 2.38. The fourth-order valence-electron chi connectivity index (χ4n) is 1.47. The first kappa shape index (κ1) is 14.3. The van der Waals surface area contributed by atoms with Crippen LogP contribution < -0.4 is 9.26 Å². The molecule has 0 spiro atoms. The Kier molecular flexibility index (Phi) is 4.20. The second-order valence-corrected chi connectivity index (χ2v) is 4.98. The highest BCUT2D eigenvalue weighted by atomic mass is 31.2. The van der Waals surface area contributed by atoms with E-state index in [1.807, 2.05) is 0 Å². The number of phosphoric acid groups is 1. The Morgan fingerprint density at radius 2 is 1.60 bits per heavy atom. The lowest BCUT2D eigenvalue weighted by Gasteiger charge is -2.08. The fourth-order valence-corrected chi connectivity index (χ4v) is 1.86. The van der Waals surface area contributed by atoms with E-state index in [0.29, 0.717) is 5.56 Å². The van der Waals surface area contributed by atoms with Gasteiger partial charge in [0.05, 0.1) is 5.56 Å². The number of hydrogen-bond acceptors (Lipinski definition) is 4. The number of ether oxygens (including phenoxy) is 1. The first-order valence-corrected chi connectivity index (χ1v) is 7.09. The normalized spacial score (nSPS) is 10.9. The van der Waals surface area contributed by atoms with Gasteiger partial charge in [0, 0.05) is 6.07 Å². The maximum absolute atomic E-state index is 11.8. The predicted octanol–water partition coefficient (Wildman–Crippen LogP) is 2.38. The van der Waals surface area contributed by atoms with E-state index < -0.39 is 13.8 Å². The van der Waals surface area contributed by atoms with E-state index in [2.05, 4.69) is 4.52 Å². The van der Waals surface area contributed by atoms with Gasteiger partial charge >= 0.3 is 13.8 Å². The van der Waals surface area contributed by atoms with E-state index >= 15 is 0 Å². The molecular formula is C13H11O6P. The summed E-state index contributed by atoms with van der Waals surface area (Å²) < 4.78 is 20.2. The number of benzene rings is 2. The summed E-state index contributed by atoms with van der Waals surface area (Å²) in [4.78, 5) is 29.2. The SMILES string of the molecule is O=C(Oc1cccc(OP(=O)(O)O)c1)c1ccccc1. The Morgan fingerprint density at radius 3 is 2.25 bits per heavy atom. The van der Waals surface area contributed by atoms with Crippen molar-refractivity contribution in [2.75, 3.05) is 0 Å². The molecule has 0 aliphatic carbocycles. The number of carbonyl (C=O) groups excluding carboxylic acids is 1. The summed E-state index contributed by atoms with van der Waals surface area (Å²) >= 11 is 0. The molecule has 0 aliphatic rings. The van der Waals surface area contributed by atoms with Gasteiger partial charge in [-0.1, -0.05) is 24.3 Å². The van der Waals surface area contributed by atoms with Gasteiger partial charge in [0.25, 0.3) is 0 Å². The molecule has 6 nitrogen and oxygen atoms in total. The highest BCUT2D eigenvalue weighted by molar-refractivity contribution is 7.46. The molecular weight excluding hydrogens is 283 g/mol. The van der Waals surface area contributed by atoms with Gasteiger partial charge in [-0.15, -0.1) is 0 Å². The molecule has 20 heavy (non-hydrogen) atoms. The maximum Gasteiger partial charge on any atom is 0.524 e. The first-order valence-electron chi connectivity index (χ1n) is 5.56. The van der Waals surface area contributed by atoms with Crippen LogP contribution in [0.5, 0.6) is 11.5 Å². The lowest BCUT2D eigenvalue weighted by molar-refractivity contribution is 0.0734. The van der Waals surface area contributed by atoms with Crippen LogP contribution in [0.4, 0.5) is 0 Å². The molecule has 104 valence electrons. The minimum Gasteiger partial charge on any atom is -0.423 e. The lowest BCUT2D eigenvalue weighted by atomic mass is 10.2. The van der Waals surface area contributed by atoms with Gasteiger partial charge in [0.2, 0.25) is 0 Å². The molecule has 0 saturated carbocycles. The van der Waals surface area contributed by atoms with Crippen LogP contribution in [0.2, 0.25) is 0 Å². The van der Waals surface area contributed by atoms with Crippen LogP contribution in [-0.2, 0) is 4.57 Å². The third kappa shape index (κ3) is 4.20. The molecule has 2 rings (SSSR count). The van der Waals surface area contributed by atoms with Gasteiger partial charge in [-0.3, -0.25) is 9.79 Å². The molecule has 0 heterocycles. The zero-order chi connectivity index (χ0) is 14.6. The molecule has 0 atom stereocenters. The standard InChI is InChI=1S/C13H11O6P/c14-13(10-5-2-1-3-6-10)18-11-7-4-8-12(9-11)19-20(15,16)17/h1-9H,(H2,15,16,17). The summed E-state index contributed by atoms with van der Waals surface area (Å²) in [5, 5.41) is 0. The molecule has 2 aromatic rings. The zero-order valence-electron chi connectivity index (χ0n) is 10.2. The van der Waals surface area contributed by atoms with Crippen molar-refractivity contribution in [3.8, 4) is 11.5 Å². The van der Waals surface area contributed by atoms with Gasteiger partial charge in [-0.05, 0) is 24.3 Å². The minimum absolute atomic E-state index is 0.0864. The smallest absolute Gasteiger partial charge is 0.423 e. The monoisotopic (exact) mass is 294 g/mol. The summed E-state index contributed by atoms with van der Waals surface area (Å²) in [6.45, 7) is 0. The molecule has 2 aromatic carbocycles. The van der Waals surface area contributed by atoms with Crippen molar-refractivity contribution in [3.05, 3.63) is 60.2 Å². The average molecular weight is 294 g/mol. The molecule has 0 amide bonds. The van der Waals surface area contributed by atoms with Crippen molar-refractivity contribution < 1.29 is 28.4 Å². The Bertz CT molecular complexity index is 649. The largest absolute Gasteiger partial charge is 0.524 e. The molecule has 0 unspecified atom stereocenters. The summed E-state index contributed by atoms with van der Waals surface area (Å²) in [7, 11) is -4.64. The second-order valence-electron chi connectivity index (χ2n) is 3.81. The Morgan fingerprint density at radius 1 is 0.950 bits per heavy atom. The van der Waals surface area contributed by atoms with Crippen LogP contribution in [0.15, 0.2) is 54.6 Å². The van der Waals surface area contributed by atoms with Gasteiger partial charge in [0.1, 0.15) is 11.5 Å². The summed E-state index contributed by atoms with van der Waals surface area (Å²) in [5.74, 6) is -0.527. The Labute approximate surface area is 114 Å². The summed E-state index contributed by atoms with van der Waals surface area (Å²) in [6, 6.07) is 13.9. The topological polar surface area (TPSA) is 93.1 Å². The van der Waals surface area contributed by atoms with E-state index in [0.717, 1.165) is 0 Å². The highest BCUT2D eigenvalue weighted by Gasteiger charge is 2.16. The van der Waals surface area contributed by atoms with E-state index in [-0.39, 0.29) is 11.5 Å². The van der Waals surface area contributed by atoms with E-state index in [9.17, 15) is 9.36 Å².